The van der Waals surface area contributed by atoms with Gasteiger partial charge in [0.05, 0.1) is 5.10 Å². The molecule has 1 N–H and O–H groups in total. The molecule has 0 fully saturated rings. The normalized spacial score (nSPS) is 10.6. The number of hydrogen-bond donors (Lipinski definition) is 1. The zero-order valence-corrected chi connectivity index (χ0v) is 10.5. The highest BCUT2D eigenvalue weighted by Gasteiger charge is 2.11. The second kappa shape index (κ2) is 4.70. The number of rotatable bonds is 2. The molecule has 0 aliphatic carbocycles. The van der Waals surface area contributed by atoms with Crippen LogP contribution in [0.3, 0.4) is 0 Å². The van der Waals surface area contributed by atoms with E-state index in [2.05, 4.69) is 15.4 Å². The molecule has 0 aliphatic rings. The van der Waals surface area contributed by atoms with Crippen LogP contribution in [0.25, 0.3) is 11.0 Å². The average Bonchev–Trinajstić information content (AvgIpc) is 2.41. The first-order valence-corrected chi connectivity index (χ1v) is 5.99. The van der Waals surface area contributed by atoms with Gasteiger partial charge in [-0.3, -0.25) is 0 Å². The molecule has 0 unspecified atom stereocenters. The first-order chi connectivity index (χ1) is 9.22. The van der Waals surface area contributed by atoms with Gasteiger partial charge in [0.25, 0.3) is 11.5 Å². The van der Waals surface area contributed by atoms with Crippen LogP contribution in [0.15, 0.2) is 48.5 Å². The van der Waals surface area contributed by atoms with E-state index in [0.29, 0.717) is 20.9 Å². The Morgan fingerprint density at radius 3 is 2.68 bits per heavy atom. The Labute approximate surface area is 114 Å². The molecule has 1 heterocycles. The topological polar surface area (TPSA) is 64.8 Å². The van der Waals surface area contributed by atoms with E-state index in [9.17, 15) is 5.21 Å². The lowest BCUT2D eigenvalue weighted by Gasteiger charge is -2.05. The predicted octanol–water partition coefficient (Wildman–Crippen LogP) is 2.66. The number of halogens is 1. The van der Waals surface area contributed by atoms with Crippen molar-refractivity contribution in [2.24, 2.45) is 0 Å². The van der Waals surface area contributed by atoms with E-state index in [1.54, 1.807) is 12.1 Å². The maximum atomic E-state index is 11.8. The van der Waals surface area contributed by atoms with Crippen molar-refractivity contribution in [3.05, 3.63) is 58.8 Å². The SMILES string of the molecule is [O-][n+]1nc(Nc2ccccc2)nc2ccc(Cl)cc21. The van der Waals surface area contributed by atoms with Crippen LogP contribution in [0.5, 0.6) is 0 Å². The van der Waals surface area contributed by atoms with Gasteiger partial charge in [0.1, 0.15) is 5.52 Å². The minimum atomic E-state index is 0.246. The molecule has 0 radical (unpaired) electrons. The third kappa shape index (κ3) is 2.41. The molecule has 0 atom stereocenters. The van der Waals surface area contributed by atoms with Gasteiger partial charge in [0.2, 0.25) is 0 Å². The zero-order valence-electron chi connectivity index (χ0n) is 9.75. The van der Waals surface area contributed by atoms with Gasteiger partial charge < -0.3 is 10.5 Å². The van der Waals surface area contributed by atoms with E-state index in [-0.39, 0.29) is 5.95 Å². The van der Waals surface area contributed by atoms with Gasteiger partial charge >= 0.3 is 0 Å². The number of anilines is 2. The quantitative estimate of drug-likeness (QED) is 0.575. The van der Waals surface area contributed by atoms with Crippen molar-refractivity contribution in [1.82, 2.24) is 10.1 Å². The van der Waals surface area contributed by atoms with E-state index in [1.807, 2.05) is 30.3 Å². The van der Waals surface area contributed by atoms with Crippen LogP contribution < -0.4 is 10.2 Å². The van der Waals surface area contributed by atoms with Gasteiger partial charge in [-0.25, -0.2) is 4.98 Å². The number of para-hydroxylation sites is 1. The fraction of sp³-hybridized carbons (Fsp3) is 0. The standard InChI is InChI=1S/C13H9ClN4O/c14-9-6-7-11-12(8-9)18(19)17-13(16-11)15-10-4-2-1-3-5-10/h1-8H,(H,15,16,17). The maximum Gasteiger partial charge on any atom is 0.295 e. The predicted molar refractivity (Wildman–Crippen MR) is 73.2 cm³/mol. The van der Waals surface area contributed by atoms with Crippen molar-refractivity contribution < 1.29 is 4.85 Å². The Bertz CT molecular complexity index is 733. The summed E-state index contributed by atoms with van der Waals surface area (Å²) in [6, 6.07) is 14.3. The Hall–Kier alpha value is -2.40. The van der Waals surface area contributed by atoms with Gasteiger partial charge in [0, 0.05) is 16.8 Å². The summed E-state index contributed by atoms with van der Waals surface area (Å²) in [4.78, 5) is 4.78. The fourth-order valence-electron chi connectivity index (χ4n) is 1.72. The second-order valence-electron chi connectivity index (χ2n) is 3.93. The first-order valence-electron chi connectivity index (χ1n) is 5.61. The second-order valence-corrected chi connectivity index (χ2v) is 4.37. The van der Waals surface area contributed by atoms with Crippen molar-refractivity contribution in [1.29, 1.82) is 0 Å². The van der Waals surface area contributed by atoms with Gasteiger partial charge in [-0.05, 0) is 29.1 Å². The van der Waals surface area contributed by atoms with Crippen molar-refractivity contribution in [3.63, 3.8) is 0 Å². The lowest BCUT2D eigenvalue weighted by molar-refractivity contribution is -0.641. The highest BCUT2D eigenvalue weighted by atomic mass is 35.5. The lowest BCUT2D eigenvalue weighted by Crippen LogP contribution is -2.33. The average molecular weight is 273 g/mol. The highest BCUT2D eigenvalue weighted by molar-refractivity contribution is 6.31. The van der Waals surface area contributed by atoms with E-state index in [0.717, 1.165) is 5.69 Å². The molecule has 3 aromatic rings. The monoisotopic (exact) mass is 272 g/mol. The Morgan fingerprint density at radius 2 is 1.89 bits per heavy atom. The summed E-state index contributed by atoms with van der Waals surface area (Å²) < 4.78 is 0. The minimum absolute atomic E-state index is 0.246. The number of fused-ring (bicyclic) bond motifs is 1. The smallest absolute Gasteiger partial charge is 0.295 e. The molecule has 0 saturated heterocycles. The van der Waals surface area contributed by atoms with E-state index in [4.69, 9.17) is 11.6 Å². The number of benzene rings is 2. The maximum absolute atomic E-state index is 11.8. The van der Waals surface area contributed by atoms with Crippen molar-refractivity contribution in [2.75, 3.05) is 5.32 Å². The molecule has 0 spiro atoms. The van der Waals surface area contributed by atoms with Crippen LogP contribution in [-0.4, -0.2) is 10.1 Å². The van der Waals surface area contributed by atoms with Crippen LogP contribution in [0.2, 0.25) is 5.02 Å². The molecule has 2 aromatic carbocycles. The van der Waals surface area contributed by atoms with Crippen LogP contribution >= 0.6 is 11.6 Å². The van der Waals surface area contributed by atoms with Crippen molar-refractivity contribution in [2.45, 2.75) is 0 Å². The molecular formula is C13H9ClN4O. The molecule has 0 bridgehead atoms. The summed E-state index contributed by atoms with van der Waals surface area (Å²) in [5.74, 6) is 0.246. The first kappa shape index (κ1) is 11.7. The number of hydrogen-bond acceptors (Lipinski definition) is 4. The fourth-order valence-corrected chi connectivity index (χ4v) is 1.89. The summed E-state index contributed by atoms with van der Waals surface area (Å²) >= 11 is 5.84. The summed E-state index contributed by atoms with van der Waals surface area (Å²) in [6.07, 6.45) is 0. The molecular weight excluding hydrogens is 264 g/mol. The molecule has 0 aliphatic heterocycles. The van der Waals surface area contributed by atoms with Crippen LogP contribution in [0, 0.1) is 5.21 Å². The van der Waals surface area contributed by atoms with Crippen LogP contribution in [0.4, 0.5) is 11.6 Å². The zero-order chi connectivity index (χ0) is 13.2. The number of nitrogens with one attached hydrogen (secondary N) is 1. The molecule has 94 valence electrons. The number of nitrogens with zero attached hydrogens (tertiary/aromatic N) is 3. The Morgan fingerprint density at radius 1 is 1.11 bits per heavy atom. The third-order valence-electron chi connectivity index (χ3n) is 2.59. The van der Waals surface area contributed by atoms with E-state index >= 15 is 0 Å². The Kier molecular flexibility index (Phi) is 2.89. The van der Waals surface area contributed by atoms with Crippen molar-refractivity contribution >= 4 is 34.3 Å². The van der Waals surface area contributed by atoms with E-state index in [1.165, 1.54) is 6.07 Å². The van der Waals surface area contributed by atoms with Crippen molar-refractivity contribution in [3.8, 4) is 0 Å². The van der Waals surface area contributed by atoms with Crippen LogP contribution in [0.1, 0.15) is 0 Å². The highest BCUT2D eigenvalue weighted by Crippen LogP contribution is 2.17. The largest absolute Gasteiger partial charge is 0.594 e. The number of aromatic nitrogens is 3. The van der Waals surface area contributed by atoms with Gasteiger partial charge in [0.15, 0.2) is 0 Å². The third-order valence-corrected chi connectivity index (χ3v) is 2.82. The summed E-state index contributed by atoms with van der Waals surface area (Å²) in [7, 11) is 0. The minimum Gasteiger partial charge on any atom is -0.594 e. The molecule has 19 heavy (non-hydrogen) atoms. The summed E-state index contributed by atoms with van der Waals surface area (Å²) in [6.45, 7) is 0. The lowest BCUT2D eigenvalue weighted by atomic mass is 10.3. The molecule has 0 saturated carbocycles. The van der Waals surface area contributed by atoms with Crippen LogP contribution in [-0.2, 0) is 0 Å². The molecule has 5 nitrogen and oxygen atoms in total. The molecule has 6 heteroatoms. The molecule has 1 aromatic heterocycles. The summed E-state index contributed by atoms with van der Waals surface area (Å²) in [5, 5.41) is 19.1. The van der Waals surface area contributed by atoms with Gasteiger partial charge in [-0.15, -0.1) is 0 Å². The van der Waals surface area contributed by atoms with Gasteiger partial charge in [-0.2, -0.15) is 0 Å². The summed E-state index contributed by atoms with van der Waals surface area (Å²) in [5.41, 5.74) is 1.69. The van der Waals surface area contributed by atoms with E-state index < -0.39 is 0 Å². The molecule has 0 amide bonds. The Balaban J connectivity index is 2.04. The molecule has 3 rings (SSSR count). The van der Waals surface area contributed by atoms with Gasteiger partial charge in [-0.1, -0.05) is 29.8 Å².